The summed E-state index contributed by atoms with van der Waals surface area (Å²) in [6.07, 6.45) is 0. The minimum atomic E-state index is -0.0867. The molecule has 104 valence electrons. The molecule has 0 aromatic heterocycles. The maximum absolute atomic E-state index is 12.5. The molecule has 0 unspecified atom stereocenters. The van der Waals surface area contributed by atoms with E-state index in [9.17, 15) is 4.79 Å². The van der Waals surface area contributed by atoms with Crippen LogP contribution in [0.4, 0.5) is 0 Å². The van der Waals surface area contributed by atoms with Crippen molar-refractivity contribution in [1.29, 1.82) is 0 Å². The Balaban J connectivity index is 2.49. The highest BCUT2D eigenvalue weighted by atomic mass is 79.9. The van der Waals surface area contributed by atoms with Gasteiger partial charge in [-0.1, -0.05) is 27.5 Å². The lowest BCUT2D eigenvalue weighted by Gasteiger charge is -2.11. The first-order valence-electron chi connectivity index (χ1n) is 6.09. The van der Waals surface area contributed by atoms with Gasteiger partial charge in [0.2, 0.25) is 0 Å². The molecule has 0 aliphatic heterocycles. The summed E-state index contributed by atoms with van der Waals surface area (Å²) in [5.74, 6) is 0.722. The minimum absolute atomic E-state index is 0.0867. The fourth-order valence-electron chi connectivity index (χ4n) is 2.23. The van der Waals surface area contributed by atoms with E-state index in [1.165, 1.54) is 0 Å². The third-order valence-corrected chi connectivity index (χ3v) is 3.91. The molecule has 0 heterocycles. The van der Waals surface area contributed by atoms with Gasteiger partial charge in [0.25, 0.3) is 0 Å². The highest BCUT2D eigenvalue weighted by Crippen LogP contribution is 2.28. The van der Waals surface area contributed by atoms with Crippen LogP contribution in [0.3, 0.4) is 0 Å². The first kappa shape index (κ1) is 15.1. The summed E-state index contributed by atoms with van der Waals surface area (Å²) < 4.78 is 6.16. The van der Waals surface area contributed by atoms with E-state index in [0.29, 0.717) is 16.1 Å². The van der Waals surface area contributed by atoms with E-state index in [-0.39, 0.29) is 5.78 Å². The predicted molar refractivity (Wildman–Crippen MR) is 85.1 cm³/mol. The van der Waals surface area contributed by atoms with Crippen molar-refractivity contribution in [2.24, 2.45) is 0 Å². The minimum Gasteiger partial charge on any atom is -0.496 e. The number of aryl methyl sites for hydroxylation is 2. The standard InChI is InChI=1S/C16H14BrClO2/c1-9-6-11(7-10(2)16(9)20-3)15(19)13-5-4-12(17)8-14(13)18/h4-8H,1-3H3. The molecule has 2 aromatic carbocycles. The van der Waals surface area contributed by atoms with Crippen LogP contribution in [-0.4, -0.2) is 12.9 Å². The summed E-state index contributed by atoms with van der Waals surface area (Å²) in [4.78, 5) is 12.5. The molecule has 0 saturated carbocycles. The van der Waals surface area contributed by atoms with Crippen LogP contribution in [0, 0.1) is 13.8 Å². The Morgan fingerprint density at radius 1 is 1.15 bits per heavy atom. The number of hydrogen-bond acceptors (Lipinski definition) is 2. The maximum Gasteiger partial charge on any atom is 0.194 e. The number of ketones is 1. The van der Waals surface area contributed by atoms with Crippen LogP contribution in [0.1, 0.15) is 27.0 Å². The van der Waals surface area contributed by atoms with Crippen molar-refractivity contribution in [1.82, 2.24) is 0 Å². The normalized spacial score (nSPS) is 10.4. The molecule has 0 aliphatic rings. The van der Waals surface area contributed by atoms with Gasteiger partial charge in [-0.2, -0.15) is 0 Å². The van der Waals surface area contributed by atoms with Crippen molar-refractivity contribution in [3.8, 4) is 5.75 Å². The SMILES string of the molecule is COc1c(C)cc(C(=O)c2ccc(Br)cc2Cl)cc1C. The number of ether oxygens (including phenoxy) is 1. The number of methoxy groups -OCH3 is 1. The summed E-state index contributed by atoms with van der Waals surface area (Å²) in [5.41, 5.74) is 2.98. The molecule has 4 heteroatoms. The van der Waals surface area contributed by atoms with Crippen LogP contribution in [-0.2, 0) is 0 Å². The van der Waals surface area contributed by atoms with Gasteiger partial charge in [-0.3, -0.25) is 4.79 Å². The lowest BCUT2D eigenvalue weighted by atomic mass is 9.98. The van der Waals surface area contributed by atoms with E-state index in [0.717, 1.165) is 21.3 Å². The van der Waals surface area contributed by atoms with E-state index < -0.39 is 0 Å². The Labute approximate surface area is 131 Å². The van der Waals surface area contributed by atoms with Gasteiger partial charge in [-0.05, 0) is 55.3 Å². The van der Waals surface area contributed by atoms with Crippen molar-refractivity contribution in [2.75, 3.05) is 7.11 Å². The smallest absolute Gasteiger partial charge is 0.194 e. The Hall–Kier alpha value is -1.32. The van der Waals surface area contributed by atoms with Gasteiger partial charge in [0.1, 0.15) is 5.75 Å². The second-order valence-corrected chi connectivity index (χ2v) is 5.92. The molecule has 0 bridgehead atoms. The van der Waals surface area contributed by atoms with Crippen molar-refractivity contribution in [3.63, 3.8) is 0 Å². The predicted octanol–water partition coefficient (Wildman–Crippen LogP) is 4.96. The van der Waals surface area contributed by atoms with Gasteiger partial charge in [0.05, 0.1) is 12.1 Å². The Bertz CT molecular complexity index is 657. The molecule has 0 aliphatic carbocycles. The lowest BCUT2D eigenvalue weighted by Crippen LogP contribution is -2.04. The molecule has 2 rings (SSSR count). The zero-order valence-electron chi connectivity index (χ0n) is 11.5. The number of rotatable bonds is 3. The van der Waals surface area contributed by atoms with Gasteiger partial charge < -0.3 is 4.74 Å². The van der Waals surface area contributed by atoms with E-state index in [1.807, 2.05) is 32.0 Å². The average Bonchev–Trinajstić information content (AvgIpc) is 2.37. The Morgan fingerprint density at radius 3 is 2.25 bits per heavy atom. The van der Waals surface area contributed by atoms with Crippen molar-refractivity contribution < 1.29 is 9.53 Å². The summed E-state index contributed by atoms with van der Waals surface area (Å²) in [6, 6.07) is 8.91. The molecule has 0 atom stereocenters. The van der Waals surface area contributed by atoms with Crippen LogP contribution in [0.25, 0.3) is 0 Å². The second kappa shape index (κ2) is 5.98. The first-order chi connectivity index (χ1) is 9.43. The molecule has 0 fully saturated rings. The molecule has 0 radical (unpaired) electrons. The summed E-state index contributed by atoms with van der Waals surface area (Å²) in [6.45, 7) is 3.84. The molecule has 0 amide bonds. The van der Waals surface area contributed by atoms with Gasteiger partial charge >= 0.3 is 0 Å². The van der Waals surface area contributed by atoms with Crippen LogP contribution in [0.2, 0.25) is 5.02 Å². The number of hydrogen-bond donors (Lipinski definition) is 0. The highest BCUT2D eigenvalue weighted by molar-refractivity contribution is 9.10. The number of halogens is 2. The second-order valence-electron chi connectivity index (χ2n) is 4.60. The molecule has 2 aromatic rings. The number of benzene rings is 2. The lowest BCUT2D eigenvalue weighted by molar-refractivity contribution is 0.103. The fourth-order valence-corrected chi connectivity index (χ4v) is 2.99. The fraction of sp³-hybridized carbons (Fsp3) is 0.188. The first-order valence-corrected chi connectivity index (χ1v) is 7.26. The topological polar surface area (TPSA) is 26.3 Å². The molecule has 0 saturated heterocycles. The number of carbonyl (C=O) groups is 1. The molecule has 0 N–H and O–H groups in total. The summed E-state index contributed by atoms with van der Waals surface area (Å²) in [5, 5.41) is 0.440. The summed E-state index contributed by atoms with van der Waals surface area (Å²) >= 11 is 9.47. The maximum atomic E-state index is 12.5. The highest BCUT2D eigenvalue weighted by Gasteiger charge is 2.15. The van der Waals surface area contributed by atoms with Crippen molar-refractivity contribution >= 4 is 33.3 Å². The quantitative estimate of drug-likeness (QED) is 0.729. The average molecular weight is 354 g/mol. The van der Waals surface area contributed by atoms with Gasteiger partial charge in [0.15, 0.2) is 5.78 Å². The Morgan fingerprint density at radius 2 is 1.75 bits per heavy atom. The monoisotopic (exact) mass is 352 g/mol. The Kier molecular flexibility index (Phi) is 4.51. The van der Waals surface area contributed by atoms with Gasteiger partial charge in [-0.15, -0.1) is 0 Å². The molecular formula is C16H14BrClO2. The van der Waals surface area contributed by atoms with Crippen molar-refractivity contribution in [3.05, 3.63) is 62.1 Å². The third kappa shape index (κ3) is 2.89. The summed E-state index contributed by atoms with van der Waals surface area (Å²) in [7, 11) is 1.63. The van der Waals surface area contributed by atoms with E-state index >= 15 is 0 Å². The van der Waals surface area contributed by atoms with Gasteiger partial charge in [-0.25, -0.2) is 0 Å². The largest absolute Gasteiger partial charge is 0.496 e. The van der Waals surface area contributed by atoms with E-state index in [1.54, 1.807) is 19.2 Å². The zero-order valence-corrected chi connectivity index (χ0v) is 13.8. The molecular weight excluding hydrogens is 340 g/mol. The van der Waals surface area contributed by atoms with Crippen LogP contribution < -0.4 is 4.74 Å². The molecule has 0 spiro atoms. The van der Waals surface area contributed by atoms with Crippen molar-refractivity contribution in [2.45, 2.75) is 13.8 Å². The third-order valence-electron chi connectivity index (χ3n) is 3.10. The van der Waals surface area contributed by atoms with E-state index in [4.69, 9.17) is 16.3 Å². The zero-order chi connectivity index (χ0) is 14.9. The van der Waals surface area contributed by atoms with Crippen LogP contribution in [0.5, 0.6) is 5.75 Å². The molecule has 20 heavy (non-hydrogen) atoms. The van der Waals surface area contributed by atoms with E-state index in [2.05, 4.69) is 15.9 Å². The van der Waals surface area contributed by atoms with Gasteiger partial charge in [0, 0.05) is 15.6 Å². The number of carbonyl (C=O) groups excluding carboxylic acids is 1. The van der Waals surface area contributed by atoms with Crippen LogP contribution in [0.15, 0.2) is 34.8 Å². The molecule has 2 nitrogen and oxygen atoms in total. The van der Waals surface area contributed by atoms with Crippen LogP contribution >= 0.6 is 27.5 Å².